The number of ether oxygens (including phenoxy) is 1. The average molecular weight is 426 g/mol. The lowest BCUT2D eigenvalue weighted by Gasteiger charge is -2.10. The molecule has 7 nitrogen and oxygen atoms in total. The van der Waals surface area contributed by atoms with Gasteiger partial charge in [0.05, 0.1) is 11.3 Å². The summed E-state index contributed by atoms with van der Waals surface area (Å²) in [5.41, 5.74) is 3.40. The van der Waals surface area contributed by atoms with Crippen molar-refractivity contribution in [3.63, 3.8) is 0 Å². The number of nitrogens with zero attached hydrogens (tertiary/aromatic N) is 1. The number of primary sulfonamides is 1. The Kier molecular flexibility index (Phi) is 6.19. The summed E-state index contributed by atoms with van der Waals surface area (Å²) in [6, 6.07) is 16.9. The van der Waals surface area contributed by atoms with Crippen LogP contribution in [0, 0.1) is 13.8 Å². The number of nitrogens with two attached hydrogens (primary N) is 1. The Bertz CT molecular complexity index is 1180. The van der Waals surface area contributed by atoms with E-state index in [-0.39, 0.29) is 23.7 Å². The van der Waals surface area contributed by atoms with E-state index in [0.717, 1.165) is 11.3 Å². The van der Waals surface area contributed by atoms with Crippen LogP contribution >= 0.6 is 0 Å². The van der Waals surface area contributed by atoms with Crippen molar-refractivity contribution in [2.75, 3.05) is 6.61 Å². The van der Waals surface area contributed by atoms with E-state index in [1.165, 1.54) is 12.1 Å². The molecule has 2 N–H and O–H groups in total. The van der Waals surface area contributed by atoms with Gasteiger partial charge in [-0.1, -0.05) is 30.3 Å². The number of aryl methyl sites for hydroxylation is 1. The molecule has 0 atom stereocenters. The van der Waals surface area contributed by atoms with Crippen molar-refractivity contribution in [1.29, 1.82) is 0 Å². The molecule has 30 heavy (non-hydrogen) atoms. The lowest BCUT2D eigenvalue weighted by atomic mass is 10.1. The Hall–Kier alpha value is -3.23. The van der Waals surface area contributed by atoms with Crippen LogP contribution < -0.4 is 5.14 Å². The molecule has 0 saturated heterocycles. The number of esters is 1. The number of ketones is 1. The summed E-state index contributed by atoms with van der Waals surface area (Å²) >= 11 is 0. The predicted molar refractivity (Wildman–Crippen MR) is 112 cm³/mol. The van der Waals surface area contributed by atoms with Crippen LogP contribution in [0.1, 0.15) is 27.3 Å². The summed E-state index contributed by atoms with van der Waals surface area (Å²) in [4.78, 5) is 24.6. The van der Waals surface area contributed by atoms with E-state index in [1.54, 1.807) is 25.1 Å². The van der Waals surface area contributed by atoms with Gasteiger partial charge in [-0.3, -0.25) is 9.59 Å². The highest BCUT2D eigenvalue weighted by Gasteiger charge is 2.19. The van der Waals surface area contributed by atoms with Gasteiger partial charge in [0.1, 0.15) is 0 Å². The molecule has 0 amide bonds. The molecule has 3 aromatic rings. The van der Waals surface area contributed by atoms with Crippen LogP contribution in [0.2, 0.25) is 0 Å². The van der Waals surface area contributed by atoms with Gasteiger partial charge in [-0.15, -0.1) is 0 Å². The van der Waals surface area contributed by atoms with E-state index >= 15 is 0 Å². The maximum absolute atomic E-state index is 12.6. The van der Waals surface area contributed by atoms with Crippen molar-refractivity contribution >= 4 is 21.8 Å². The van der Waals surface area contributed by atoms with E-state index in [2.05, 4.69) is 0 Å². The molecular formula is C22H22N2O5S. The fraction of sp³-hybridized carbons (Fsp3) is 0.182. The molecule has 1 heterocycles. The van der Waals surface area contributed by atoms with Crippen LogP contribution in [-0.2, 0) is 26.0 Å². The third-order valence-corrected chi connectivity index (χ3v) is 5.64. The molecule has 0 unspecified atom stereocenters. The second-order valence-electron chi connectivity index (χ2n) is 6.91. The number of aromatic nitrogens is 1. The van der Waals surface area contributed by atoms with Crippen molar-refractivity contribution < 1.29 is 22.7 Å². The SMILES string of the molecule is Cc1cc(C(=O)COC(=O)Cc2ccccc2)c(C)n1-c1ccc(S(N)(=O)=O)cc1. The number of sulfonamides is 1. The Morgan fingerprint density at radius 1 is 1.00 bits per heavy atom. The molecule has 3 rings (SSSR count). The Balaban J connectivity index is 1.73. The lowest BCUT2D eigenvalue weighted by molar-refractivity contribution is -0.141. The van der Waals surface area contributed by atoms with Crippen molar-refractivity contribution in [3.8, 4) is 5.69 Å². The minimum absolute atomic E-state index is 0.00957. The van der Waals surface area contributed by atoms with Crippen LogP contribution in [-0.4, -0.2) is 31.3 Å². The Morgan fingerprint density at radius 2 is 1.63 bits per heavy atom. The molecular weight excluding hydrogens is 404 g/mol. The van der Waals surface area contributed by atoms with E-state index < -0.39 is 16.0 Å². The normalized spacial score (nSPS) is 11.3. The van der Waals surface area contributed by atoms with E-state index in [4.69, 9.17) is 9.88 Å². The molecule has 1 aromatic heterocycles. The van der Waals surface area contributed by atoms with Gasteiger partial charge in [0, 0.05) is 22.6 Å². The van der Waals surface area contributed by atoms with Gasteiger partial charge in [-0.05, 0) is 49.7 Å². The molecule has 156 valence electrons. The van der Waals surface area contributed by atoms with Gasteiger partial charge < -0.3 is 9.30 Å². The first kappa shape index (κ1) is 21.5. The highest BCUT2D eigenvalue weighted by molar-refractivity contribution is 7.89. The quantitative estimate of drug-likeness (QED) is 0.462. The van der Waals surface area contributed by atoms with Crippen LogP contribution in [0.3, 0.4) is 0 Å². The number of carbonyl (C=O) groups excluding carboxylic acids is 2. The highest BCUT2D eigenvalue weighted by atomic mass is 32.2. The van der Waals surface area contributed by atoms with Crippen molar-refractivity contribution in [2.45, 2.75) is 25.2 Å². The van der Waals surface area contributed by atoms with Gasteiger partial charge in [0.2, 0.25) is 15.8 Å². The van der Waals surface area contributed by atoms with Gasteiger partial charge in [0.25, 0.3) is 0 Å². The van der Waals surface area contributed by atoms with Crippen LogP contribution in [0.25, 0.3) is 5.69 Å². The minimum Gasteiger partial charge on any atom is -0.457 e. The third kappa shape index (κ3) is 4.84. The molecule has 0 bridgehead atoms. The topological polar surface area (TPSA) is 108 Å². The zero-order chi connectivity index (χ0) is 21.9. The average Bonchev–Trinajstić information content (AvgIpc) is 3.00. The smallest absolute Gasteiger partial charge is 0.310 e. The molecule has 0 fully saturated rings. The van der Waals surface area contributed by atoms with Gasteiger partial charge in [-0.2, -0.15) is 0 Å². The Labute approximate surface area is 175 Å². The predicted octanol–water partition coefficient (Wildman–Crippen LogP) is 2.71. The second-order valence-corrected chi connectivity index (χ2v) is 8.47. The monoisotopic (exact) mass is 426 g/mol. The summed E-state index contributed by atoms with van der Waals surface area (Å²) in [7, 11) is -3.78. The largest absolute Gasteiger partial charge is 0.457 e. The summed E-state index contributed by atoms with van der Waals surface area (Å²) in [5.74, 6) is -0.779. The summed E-state index contributed by atoms with van der Waals surface area (Å²) in [6.07, 6.45) is 0.101. The zero-order valence-corrected chi connectivity index (χ0v) is 17.5. The maximum atomic E-state index is 12.6. The van der Waals surface area contributed by atoms with Crippen LogP contribution in [0.5, 0.6) is 0 Å². The first-order valence-corrected chi connectivity index (χ1v) is 10.8. The summed E-state index contributed by atoms with van der Waals surface area (Å²) < 4.78 is 29.8. The lowest BCUT2D eigenvalue weighted by Crippen LogP contribution is -2.16. The van der Waals surface area contributed by atoms with Crippen LogP contribution in [0.4, 0.5) is 0 Å². The first-order chi connectivity index (χ1) is 14.2. The number of hydrogen-bond acceptors (Lipinski definition) is 5. The molecule has 0 saturated carbocycles. The standard InChI is InChI=1S/C22H22N2O5S/c1-15-12-20(21(25)14-29-22(26)13-17-6-4-3-5-7-17)16(2)24(15)18-8-10-19(11-9-18)30(23,27)28/h3-12H,13-14H2,1-2H3,(H2,23,27,28). The van der Waals surface area contributed by atoms with Crippen LogP contribution in [0.15, 0.2) is 65.6 Å². The van der Waals surface area contributed by atoms with E-state index in [9.17, 15) is 18.0 Å². The molecule has 2 aromatic carbocycles. The molecule has 0 radical (unpaired) electrons. The summed E-state index contributed by atoms with van der Waals surface area (Å²) in [5, 5.41) is 5.13. The number of benzene rings is 2. The molecule has 0 spiro atoms. The summed E-state index contributed by atoms with van der Waals surface area (Å²) in [6.45, 7) is 3.26. The number of Topliss-reactive ketones (excluding diaryl/α,β-unsaturated/α-hetero) is 1. The molecule has 0 aliphatic rings. The van der Waals surface area contributed by atoms with Crippen molar-refractivity contribution in [3.05, 3.63) is 83.2 Å². The Morgan fingerprint density at radius 3 is 2.23 bits per heavy atom. The zero-order valence-electron chi connectivity index (χ0n) is 16.7. The molecule has 8 heteroatoms. The van der Waals surface area contributed by atoms with E-state index in [0.29, 0.717) is 16.9 Å². The van der Waals surface area contributed by atoms with Crippen molar-refractivity contribution in [2.24, 2.45) is 5.14 Å². The maximum Gasteiger partial charge on any atom is 0.310 e. The van der Waals surface area contributed by atoms with Gasteiger partial charge in [0.15, 0.2) is 6.61 Å². The van der Waals surface area contributed by atoms with Gasteiger partial charge in [-0.25, -0.2) is 13.6 Å². The fourth-order valence-corrected chi connectivity index (χ4v) is 3.78. The fourth-order valence-electron chi connectivity index (χ4n) is 3.26. The molecule has 0 aliphatic carbocycles. The molecule has 0 aliphatic heterocycles. The van der Waals surface area contributed by atoms with Crippen molar-refractivity contribution in [1.82, 2.24) is 4.57 Å². The number of hydrogen-bond donors (Lipinski definition) is 1. The minimum atomic E-state index is -3.78. The van der Waals surface area contributed by atoms with Gasteiger partial charge >= 0.3 is 5.97 Å². The number of rotatable bonds is 7. The third-order valence-electron chi connectivity index (χ3n) is 4.71. The van der Waals surface area contributed by atoms with E-state index in [1.807, 2.05) is 41.8 Å². The second kappa shape index (κ2) is 8.64. The highest BCUT2D eigenvalue weighted by Crippen LogP contribution is 2.22. The number of carbonyl (C=O) groups is 2. The first-order valence-electron chi connectivity index (χ1n) is 9.22.